The number of anilines is 1. The molecule has 0 bridgehead atoms. The lowest BCUT2D eigenvalue weighted by Crippen LogP contribution is -2.14. The van der Waals surface area contributed by atoms with Gasteiger partial charge in [-0.05, 0) is 30.3 Å². The maximum Gasteiger partial charge on any atom is 0.258 e. The van der Waals surface area contributed by atoms with Gasteiger partial charge in [0, 0.05) is 16.5 Å². The van der Waals surface area contributed by atoms with Gasteiger partial charge in [-0.25, -0.2) is 9.97 Å². The lowest BCUT2D eigenvalue weighted by atomic mass is 10.1. The van der Waals surface area contributed by atoms with Crippen LogP contribution >= 0.6 is 0 Å². The molecule has 4 rings (SSSR count). The van der Waals surface area contributed by atoms with Crippen LogP contribution in [0.2, 0.25) is 0 Å². The first kappa shape index (κ1) is 16.7. The molecule has 1 heterocycles. The van der Waals surface area contributed by atoms with Crippen LogP contribution in [0.1, 0.15) is 10.4 Å². The smallest absolute Gasteiger partial charge is 0.258 e. The third-order valence-electron chi connectivity index (χ3n) is 4.23. The molecule has 0 spiro atoms. The number of fused-ring (bicyclic) bond motifs is 1. The van der Waals surface area contributed by atoms with E-state index in [1.807, 2.05) is 54.6 Å². The Labute approximate surface area is 156 Å². The number of hydrogen-bond acceptors (Lipinski definition) is 4. The van der Waals surface area contributed by atoms with Crippen LogP contribution in [0.4, 0.5) is 5.95 Å². The van der Waals surface area contributed by atoms with Crippen molar-refractivity contribution in [2.75, 3.05) is 12.4 Å². The van der Waals surface area contributed by atoms with Crippen LogP contribution in [-0.4, -0.2) is 23.0 Å². The second-order valence-electron chi connectivity index (χ2n) is 5.96. The van der Waals surface area contributed by atoms with Crippen LogP contribution in [0.3, 0.4) is 0 Å². The number of ether oxygens (including phenoxy) is 1. The summed E-state index contributed by atoms with van der Waals surface area (Å²) in [5, 5.41) is 3.73. The molecule has 0 aliphatic heterocycles. The van der Waals surface area contributed by atoms with Crippen LogP contribution in [0.15, 0.2) is 78.9 Å². The van der Waals surface area contributed by atoms with Gasteiger partial charge in [0.05, 0.1) is 18.3 Å². The lowest BCUT2D eigenvalue weighted by Gasteiger charge is -2.10. The summed E-state index contributed by atoms with van der Waals surface area (Å²) in [4.78, 5) is 21.7. The number of nitrogens with zero attached hydrogens (tertiary/aromatic N) is 2. The molecular weight excluding hydrogens is 338 g/mol. The molecule has 5 heteroatoms. The number of nitrogens with one attached hydrogen (secondary N) is 1. The second kappa shape index (κ2) is 7.25. The molecule has 27 heavy (non-hydrogen) atoms. The number of aromatic nitrogens is 2. The number of carbonyl (C=O) groups is 1. The monoisotopic (exact) mass is 355 g/mol. The summed E-state index contributed by atoms with van der Waals surface area (Å²) in [6, 6.07) is 24.5. The van der Waals surface area contributed by atoms with E-state index in [1.54, 1.807) is 31.4 Å². The van der Waals surface area contributed by atoms with Gasteiger partial charge < -0.3 is 4.74 Å². The Morgan fingerprint density at radius 1 is 0.852 bits per heavy atom. The fourth-order valence-corrected chi connectivity index (χ4v) is 2.86. The summed E-state index contributed by atoms with van der Waals surface area (Å²) >= 11 is 0. The molecule has 0 aliphatic carbocycles. The summed E-state index contributed by atoms with van der Waals surface area (Å²) in [6.07, 6.45) is 0. The van der Waals surface area contributed by atoms with E-state index < -0.39 is 0 Å². The van der Waals surface area contributed by atoms with E-state index in [-0.39, 0.29) is 11.9 Å². The maximum atomic E-state index is 12.6. The quantitative estimate of drug-likeness (QED) is 0.583. The van der Waals surface area contributed by atoms with Crippen molar-refractivity contribution in [3.63, 3.8) is 0 Å². The number of hydrogen-bond donors (Lipinski definition) is 1. The Hall–Kier alpha value is -3.73. The number of carbonyl (C=O) groups excluding carboxylic acids is 1. The van der Waals surface area contributed by atoms with E-state index in [9.17, 15) is 4.79 Å². The van der Waals surface area contributed by atoms with Gasteiger partial charge in [0.25, 0.3) is 5.91 Å². The van der Waals surface area contributed by atoms with E-state index in [0.717, 1.165) is 22.2 Å². The molecule has 4 aromatic rings. The molecule has 0 atom stereocenters. The highest BCUT2D eigenvalue weighted by molar-refractivity contribution is 6.04. The van der Waals surface area contributed by atoms with Gasteiger partial charge in [-0.15, -0.1) is 0 Å². The zero-order valence-corrected chi connectivity index (χ0v) is 14.7. The Morgan fingerprint density at radius 3 is 2.30 bits per heavy atom. The average Bonchev–Trinajstić information content (AvgIpc) is 2.74. The SMILES string of the molecule is COc1ccc(C(=O)Nc2nc(-c3ccccc3)c3ccccc3n2)cc1. The predicted molar refractivity (Wildman–Crippen MR) is 106 cm³/mol. The highest BCUT2D eigenvalue weighted by Gasteiger charge is 2.13. The van der Waals surface area contributed by atoms with Crippen molar-refractivity contribution in [1.29, 1.82) is 0 Å². The predicted octanol–water partition coefficient (Wildman–Crippen LogP) is 4.56. The van der Waals surface area contributed by atoms with Crippen LogP contribution in [0, 0.1) is 0 Å². The van der Waals surface area contributed by atoms with Crippen molar-refractivity contribution < 1.29 is 9.53 Å². The normalized spacial score (nSPS) is 10.6. The maximum absolute atomic E-state index is 12.6. The minimum atomic E-state index is -0.271. The van der Waals surface area contributed by atoms with Crippen LogP contribution in [0.25, 0.3) is 22.2 Å². The van der Waals surface area contributed by atoms with Gasteiger partial charge in [-0.2, -0.15) is 0 Å². The minimum Gasteiger partial charge on any atom is -0.497 e. The summed E-state index contributed by atoms with van der Waals surface area (Å²) in [5.41, 5.74) is 3.03. The van der Waals surface area contributed by atoms with Crippen molar-refractivity contribution in [2.24, 2.45) is 0 Å². The third-order valence-corrected chi connectivity index (χ3v) is 4.23. The van der Waals surface area contributed by atoms with Crippen LogP contribution in [0.5, 0.6) is 5.75 Å². The van der Waals surface area contributed by atoms with Gasteiger partial charge in [-0.3, -0.25) is 10.1 Å². The van der Waals surface area contributed by atoms with E-state index in [2.05, 4.69) is 15.3 Å². The van der Waals surface area contributed by atoms with Gasteiger partial charge in [-0.1, -0.05) is 48.5 Å². The van der Waals surface area contributed by atoms with E-state index in [0.29, 0.717) is 11.3 Å². The Morgan fingerprint density at radius 2 is 1.56 bits per heavy atom. The molecule has 1 amide bonds. The number of methoxy groups -OCH3 is 1. The van der Waals surface area contributed by atoms with E-state index in [4.69, 9.17) is 4.74 Å². The number of rotatable bonds is 4. The van der Waals surface area contributed by atoms with Gasteiger partial charge >= 0.3 is 0 Å². The number of para-hydroxylation sites is 1. The first-order chi connectivity index (χ1) is 13.2. The standard InChI is InChI=1S/C22H17N3O2/c1-27-17-13-11-16(12-14-17)21(26)25-22-23-19-10-6-5-9-18(19)20(24-22)15-7-3-2-4-8-15/h2-14H,1H3,(H,23,24,25,26). The average molecular weight is 355 g/mol. The molecule has 0 radical (unpaired) electrons. The molecule has 1 aromatic heterocycles. The molecule has 0 aliphatic rings. The van der Waals surface area contributed by atoms with Crippen LogP contribution in [-0.2, 0) is 0 Å². The summed E-state index contributed by atoms with van der Waals surface area (Å²) in [5.74, 6) is 0.695. The Bertz CT molecular complexity index is 1090. The zero-order valence-electron chi connectivity index (χ0n) is 14.7. The summed E-state index contributed by atoms with van der Waals surface area (Å²) < 4.78 is 5.12. The minimum absolute atomic E-state index is 0.271. The molecule has 5 nitrogen and oxygen atoms in total. The lowest BCUT2D eigenvalue weighted by molar-refractivity contribution is 0.102. The van der Waals surface area contributed by atoms with E-state index in [1.165, 1.54) is 0 Å². The van der Waals surface area contributed by atoms with Crippen molar-refractivity contribution in [3.05, 3.63) is 84.4 Å². The largest absolute Gasteiger partial charge is 0.497 e. The second-order valence-corrected chi connectivity index (χ2v) is 5.96. The molecule has 0 fully saturated rings. The Kier molecular flexibility index (Phi) is 4.49. The number of amides is 1. The summed E-state index contributed by atoms with van der Waals surface area (Å²) in [7, 11) is 1.59. The molecular formula is C22H17N3O2. The van der Waals surface area contributed by atoms with Gasteiger partial charge in [0.2, 0.25) is 5.95 Å². The highest BCUT2D eigenvalue weighted by atomic mass is 16.5. The van der Waals surface area contributed by atoms with Crippen molar-refractivity contribution in [3.8, 4) is 17.0 Å². The fraction of sp³-hybridized carbons (Fsp3) is 0.0455. The number of benzene rings is 3. The first-order valence-electron chi connectivity index (χ1n) is 8.52. The molecule has 3 aromatic carbocycles. The zero-order chi connectivity index (χ0) is 18.6. The van der Waals surface area contributed by atoms with Crippen molar-refractivity contribution in [2.45, 2.75) is 0 Å². The molecule has 0 saturated carbocycles. The first-order valence-corrected chi connectivity index (χ1v) is 8.52. The third kappa shape index (κ3) is 3.48. The van der Waals surface area contributed by atoms with Gasteiger partial charge in [0.1, 0.15) is 5.75 Å². The molecule has 132 valence electrons. The molecule has 0 saturated heterocycles. The van der Waals surface area contributed by atoms with Gasteiger partial charge in [0.15, 0.2) is 0 Å². The van der Waals surface area contributed by atoms with E-state index >= 15 is 0 Å². The summed E-state index contributed by atoms with van der Waals surface area (Å²) in [6.45, 7) is 0. The van der Waals surface area contributed by atoms with Crippen LogP contribution < -0.4 is 10.1 Å². The van der Waals surface area contributed by atoms with Crippen molar-refractivity contribution in [1.82, 2.24) is 9.97 Å². The molecule has 0 unspecified atom stereocenters. The van der Waals surface area contributed by atoms with Crippen molar-refractivity contribution >= 4 is 22.8 Å². The molecule has 1 N–H and O–H groups in total. The topological polar surface area (TPSA) is 64.1 Å². The highest BCUT2D eigenvalue weighted by Crippen LogP contribution is 2.27. The fourth-order valence-electron chi connectivity index (χ4n) is 2.86. The Balaban J connectivity index is 1.72.